The average Bonchev–Trinajstić information content (AvgIpc) is 2.60. The first-order valence-electron chi connectivity index (χ1n) is 8.89. The van der Waals surface area contributed by atoms with Crippen LogP contribution in [0.25, 0.3) is 0 Å². The van der Waals surface area contributed by atoms with Gasteiger partial charge in [-0.25, -0.2) is 0 Å². The summed E-state index contributed by atoms with van der Waals surface area (Å²) in [5.74, 6) is 0.946. The number of rotatable bonds is 8. The number of likely N-dealkylation sites (tertiary alicyclic amines) is 1. The van der Waals surface area contributed by atoms with Gasteiger partial charge < -0.3 is 14.4 Å². The highest BCUT2D eigenvalue weighted by atomic mass is 16.5. The van der Waals surface area contributed by atoms with Gasteiger partial charge in [0.1, 0.15) is 5.75 Å². The lowest BCUT2D eigenvalue weighted by atomic mass is 10.1. The van der Waals surface area contributed by atoms with E-state index < -0.39 is 0 Å². The van der Waals surface area contributed by atoms with Crippen LogP contribution in [0.15, 0.2) is 18.2 Å². The van der Waals surface area contributed by atoms with E-state index in [1.54, 1.807) is 0 Å². The molecular weight excluding hydrogens is 290 g/mol. The maximum absolute atomic E-state index is 12.6. The number of nitrogens with zero attached hydrogens (tertiary/aromatic N) is 1. The van der Waals surface area contributed by atoms with Crippen molar-refractivity contribution in [3.8, 4) is 5.75 Å². The second-order valence-corrected chi connectivity index (χ2v) is 6.01. The van der Waals surface area contributed by atoms with Crippen LogP contribution in [0, 0.1) is 0 Å². The molecular formula is C19H29NO3. The first-order chi connectivity index (χ1) is 11.3. The van der Waals surface area contributed by atoms with Crippen molar-refractivity contribution in [3.05, 3.63) is 29.3 Å². The van der Waals surface area contributed by atoms with Gasteiger partial charge in [0.25, 0.3) is 5.91 Å². The molecule has 23 heavy (non-hydrogen) atoms. The number of hydrogen-bond donors (Lipinski definition) is 0. The SMILES string of the molecule is CCCCOCc1cc(C(=O)N2CCCCC2)ccc1OCC. The standard InChI is InChI=1S/C19H29NO3/c1-3-5-13-22-15-17-14-16(9-10-18(17)23-4-2)19(21)20-11-7-6-8-12-20/h9-10,14H,3-8,11-13,15H2,1-2H3. The van der Waals surface area contributed by atoms with Gasteiger partial charge in [-0.05, 0) is 50.8 Å². The van der Waals surface area contributed by atoms with Crippen molar-refractivity contribution in [1.29, 1.82) is 0 Å². The Morgan fingerprint density at radius 3 is 2.65 bits per heavy atom. The third-order valence-electron chi connectivity index (χ3n) is 4.15. The summed E-state index contributed by atoms with van der Waals surface area (Å²) in [6.45, 7) is 7.70. The van der Waals surface area contributed by atoms with Crippen molar-refractivity contribution in [2.75, 3.05) is 26.3 Å². The van der Waals surface area contributed by atoms with E-state index in [1.165, 1.54) is 6.42 Å². The summed E-state index contributed by atoms with van der Waals surface area (Å²) < 4.78 is 11.4. The summed E-state index contributed by atoms with van der Waals surface area (Å²) in [7, 11) is 0. The predicted octanol–water partition coefficient (Wildman–Crippen LogP) is 4.03. The lowest BCUT2D eigenvalue weighted by molar-refractivity contribution is 0.0723. The van der Waals surface area contributed by atoms with Gasteiger partial charge in [0, 0.05) is 30.8 Å². The minimum absolute atomic E-state index is 0.127. The summed E-state index contributed by atoms with van der Waals surface area (Å²) in [6, 6.07) is 5.71. The van der Waals surface area contributed by atoms with E-state index in [4.69, 9.17) is 9.47 Å². The van der Waals surface area contributed by atoms with Gasteiger partial charge in [0.05, 0.1) is 13.2 Å². The molecule has 0 aromatic heterocycles. The van der Waals surface area contributed by atoms with Crippen LogP contribution in [0.1, 0.15) is 61.9 Å². The molecule has 0 N–H and O–H groups in total. The number of ether oxygens (including phenoxy) is 2. The molecule has 128 valence electrons. The number of hydrogen-bond acceptors (Lipinski definition) is 3. The van der Waals surface area contributed by atoms with E-state index in [0.29, 0.717) is 13.2 Å². The Kier molecular flexibility index (Phi) is 7.40. The van der Waals surface area contributed by atoms with Crippen molar-refractivity contribution in [2.24, 2.45) is 0 Å². The molecule has 0 aliphatic carbocycles. The number of amides is 1. The maximum Gasteiger partial charge on any atom is 0.253 e. The van der Waals surface area contributed by atoms with Crippen LogP contribution in [0.5, 0.6) is 5.75 Å². The summed E-state index contributed by atoms with van der Waals surface area (Å²) in [5, 5.41) is 0. The maximum atomic E-state index is 12.6. The predicted molar refractivity (Wildman–Crippen MR) is 91.9 cm³/mol. The third kappa shape index (κ3) is 5.24. The van der Waals surface area contributed by atoms with Gasteiger partial charge in [0.2, 0.25) is 0 Å². The fourth-order valence-electron chi connectivity index (χ4n) is 2.83. The second-order valence-electron chi connectivity index (χ2n) is 6.01. The normalized spacial score (nSPS) is 14.8. The van der Waals surface area contributed by atoms with Crippen molar-refractivity contribution in [3.63, 3.8) is 0 Å². The largest absolute Gasteiger partial charge is 0.494 e. The number of carbonyl (C=O) groups excluding carboxylic acids is 1. The Bertz CT molecular complexity index is 495. The Morgan fingerprint density at radius 2 is 1.96 bits per heavy atom. The summed E-state index contributed by atoms with van der Waals surface area (Å²) in [6.07, 6.45) is 5.61. The molecule has 0 unspecified atom stereocenters. The molecule has 1 aromatic carbocycles. The minimum atomic E-state index is 0.127. The fourth-order valence-corrected chi connectivity index (χ4v) is 2.83. The highest BCUT2D eigenvalue weighted by Gasteiger charge is 2.19. The van der Waals surface area contributed by atoms with Crippen molar-refractivity contribution >= 4 is 5.91 Å². The molecule has 1 amide bonds. The monoisotopic (exact) mass is 319 g/mol. The van der Waals surface area contributed by atoms with Gasteiger partial charge >= 0.3 is 0 Å². The summed E-state index contributed by atoms with van der Waals surface area (Å²) in [4.78, 5) is 14.6. The van der Waals surface area contributed by atoms with E-state index in [1.807, 2.05) is 30.0 Å². The summed E-state index contributed by atoms with van der Waals surface area (Å²) >= 11 is 0. The summed E-state index contributed by atoms with van der Waals surface area (Å²) in [5.41, 5.74) is 1.70. The lowest BCUT2D eigenvalue weighted by Gasteiger charge is -2.27. The first kappa shape index (κ1) is 17.8. The van der Waals surface area contributed by atoms with Gasteiger partial charge in [0.15, 0.2) is 0 Å². The number of benzene rings is 1. The zero-order valence-electron chi connectivity index (χ0n) is 14.5. The van der Waals surface area contributed by atoms with Crippen LogP contribution in [0.3, 0.4) is 0 Å². The van der Waals surface area contributed by atoms with E-state index in [0.717, 1.165) is 62.3 Å². The molecule has 1 saturated heterocycles. The topological polar surface area (TPSA) is 38.8 Å². The van der Waals surface area contributed by atoms with Crippen LogP contribution in [-0.4, -0.2) is 37.1 Å². The molecule has 0 spiro atoms. The highest BCUT2D eigenvalue weighted by Crippen LogP contribution is 2.23. The van der Waals surface area contributed by atoms with Gasteiger partial charge in [-0.3, -0.25) is 4.79 Å². The Morgan fingerprint density at radius 1 is 1.17 bits per heavy atom. The van der Waals surface area contributed by atoms with Gasteiger partial charge in [-0.15, -0.1) is 0 Å². The molecule has 0 radical (unpaired) electrons. The van der Waals surface area contributed by atoms with Crippen LogP contribution in [0.4, 0.5) is 0 Å². The zero-order valence-corrected chi connectivity index (χ0v) is 14.5. The molecule has 0 atom stereocenters. The molecule has 1 aliphatic rings. The zero-order chi connectivity index (χ0) is 16.5. The lowest BCUT2D eigenvalue weighted by Crippen LogP contribution is -2.35. The minimum Gasteiger partial charge on any atom is -0.494 e. The van der Waals surface area contributed by atoms with Crippen LogP contribution >= 0.6 is 0 Å². The van der Waals surface area contributed by atoms with Crippen molar-refractivity contribution in [1.82, 2.24) is 4.90 Å². The number of piperidine rings is 1. The number of unbranched alkanes of at least 4 members (excludes halogenated alkanes) is 1. The van der Waals surface area contributed by atoms with E-state index >= 15 is 0 Å². The first-order valence-corrected chi connectivity index (χ1v) is 8.89. The van der Waals surface area contributed by atoms with E-state index in [2.05, 4.69) is 6.92 Å². The molecule has 1 heterocycles. The smallest absolute Gasteiger partial charge is 0.253 e. The third-order valence-corrected chi connectivity index (χ3v) is 4.15. The molecule has 4 heteroatoms. The number of carbonyl (C=O) groups is 1. The molecule has 1 aromatic rings. The van der Waals surface area contributed by atoms with Crippen molar-refractivity contribution in [2.45, 2.75) is 52.6 Å². The van der Waals surface area contributed by atoms with Crippen molar-refractivity contribution < 1.29 is 14.3 Å². The fraction of sp³-hybridized carbons (Fsp3) is 0.632. The Hall–Kier alpha value is -1.55. The van der Waals surface area contributed by atoms with Crippen LogP contribution in [-0.2, 0) is 11.3 Å². The molecule has 4 nitrogen and oxygen atoms in total. The van der Waals surface area contributed by atoms with E-state index in [9.17, 15) is 4.79 Å². The Balaban J connectivity index is 2.08. The van der Waals surface area contributed by atoms with Gasteiger partial charge in [-0.1, -0.05) is 13.3 Å². The molecule has 2 rings (SSSR count). The highest BCUT2D eigenvalue weighted by molar-refractivity contribution is 5.94. The second kappa shape index (κ2) is 9.56. The van der Waals surface area contributed by atoms with Crippen LogP contribution < -0.4 is 4.74 Å². The molecule has 1 aliphatic heterocycles. The van der Waals surface area contributed by atoms with E-state index in [-0.39, 0.29) is 5.91 Å². The quantitative estimate of drug-likeness (QED) is 0.679. The average molecular weight is 319 g/mol. The molecule has 1 fully saturated rings. The molecule has 0 saturated carbocycles. The molecule has 0 bridgehead atoms. The van der Waals surface area contributed by atoms with Crippen LogP contribution in [0.2, 0.25) is 0 Å². The Labute approximate surface area is 139 Å². The van der Waals surface area contributed by atoms with Gasteiger partial charge in [-0.2, -0.15) is 0 Å².